The Balaban J connectivity index is 1.83. The number of ether oxygens (including phenoxy) is 1. The maximum Gasteiger partial charge on any atom is 0.124 e. The molecule has 4 rings (SSSR count). The Morgan fingerprint density at radius 2 is 1.79 bits per heavy atom. The molecule has 0 fully saturated rings. The van der Waals surface area contributed by atoms with E-state index in [9.17, 15) is 4.39 Å². The van der Waals surface area contributed by atoms with Crippen LogP contribution in [0.15, 0.2) is 71.8 Å². The van der Waals surface area contributed by atoms with Crippen molar-refractivity contribution in [3.63, 3.8) is 0 Å². The monoisotopic (exact) mass is 414 g/mol. The fourth-order valence-electron chi connectivity index (χ4n) is 3.39. The fourth-order valence-corrected chi connectivity index (χ4v) is 3.77. The third-order valence-corrected chi connectivity index (χ3v) is 5.30. The Morgan fingerprint density at radius 1 is 1.04 bits per heavy atom. The normalized spacial score (nSPS) is 16.2. The minimum Gasteiger partial charge on any atom is -0.496 e. The molecule has 1 atom stereocenters. The van der Waals surface area contributed by atoms with Crippen molar-refractivity contribution < 1.29 is 9.13 Å². The fraction of sp³-hybridized carbons (Fsp3) is 0.136. The van der Waals surface area contributed by atoms with E-state index in [2.05, 4.69) is 0 Å². The third-order valence-electron chi connectivity index (χ3n) is 4.74. The van der Waals surface area contributed by atoms with Crippen LogP contribution in [-0.4, -0.2) is 12.8 Å². The first kappa shape index (κ1) is 18.8. The molecule has 6 heteroatoms. The molecule has 0 bridgehead atoms. The van der Waals surface area contributed by atoms with Crippen molar-refractivity contribution in [1.29, 1.82) is 0 Å². The van der Waals surface area contributed by atoms with E-state index in [1.54, 1.807) is 37.4 Å². The van der Waals surface area contributed by atoms with E-state index in [0.29, 0.717) is 22.2 Å². The molecule has 0 unspecified atom stereocenters. The van der Waals surface area contributed by atoms with Crippen LogP contribution in [0.5, 0.6) is 5.75 Å². The summed E-state index contributed by atoms with van der Waals surface area (Å²) in [5, 5.41) is 7.81. The summed E-state index contributed by atoms with van der Waals surface area (Å²) in [4.78, 5) is 0. The molecule has 0 radical (unpaired) electrons. The second-order valence-electron chi connectivity index (χ2n) is 6.46. The molecule has 0 amide bonds. The molecule has 0 N–H and O–H groups in total. The number of hydrazone groups is 1. The second-order valence-corrected chi connectivity index (χ2v) is 7.30. The van der Waals surface area contributed by atoms with Crippen molar-refractivity contribution in [2.75, 3.05) is 12.1 Å². The van der Waals surface area contributed by atoms with Gasteiger partial charge in [-0.25, -0.2) is 4.39 Å². The number of hydrogen-bond donors (Lipinski definition) is 0. The van der Waals surface area contributed by atoms with E-state index < -0.39 is 0 Å². The van der Waals surface area contributed by atoms with Gasteiger partial charge in [0.2, 0.25) is 0 Å². The van der Waals surface area contributed by atoms with Gasteiger partial charge in [-0.1, -0.05) is 53.5 Å². The van der Waals surface area contributed by atoms with Gasteiger partial charge in [-0.05, 0) is 42.0 Å². The Hall–Kier alpha value is -2.56. The maximum atomic E-state index is 13.4. The van der Waals surface area contributed by atoms with Gasteiger partial charge in [0.15, 0.2) is 0 Å². The Labute approximate surface area is 173 Å². The number of rotatable bonds is 4. The zero-order chi connectivity index (χ0) is 19.7. The number of para-hydroxylation sites is 1. The van der Waals surface area contributed by atoms with Gasteiger partial charge in [0.1, 0.15) is 11.6 Å². The smallest absolute Gasteiger partial charge is 0.124 e. The number of anilines is 1. The summed E-state index contributed by atoms with van der Waals surface area (Å²) in [6, 6.07) is 19.3. The van der Waals surface area contributed by atoms with Crippen molar-refractivity contribution in [2.24, 2.45) is 5.10 Å². The molecule has 0 spiro atoms. The first-order valence-corrected chi connectivity index (χ1v) is 9.53. The van der Waals surface area contributed by atoms with Crippen molar-refractivity contribution in [3.8, 4) is 5.75 Å². The molecule has 28 heavy (non-hydrogen) atoms. The van der Waals surface area contributed by atoms with Crippen LogP contribution in [0.2, 0.25) is 10.0 Å². The lowest BCUT2D eigenvalue weighted by atomic mass is 9.97. The summed E-state index contributed by atoms with van der Waals surface area (Å²) in [5.74, 6) is 0.490. The van der Waals surface area contributed by atoms with E-state index >= 15 is 0 Å². The zero-order valence-corrected chi connectivity index (χ0v) is 16.6. The van der Waals surface area contributed by atoms with Crippen LogP contribution in [0.25, 0.3) is 0 Å². The lowest BCUT2D eigenvalue weighted by molar-refractivity contribution is 0.405. The topological polar surface area (TPSA) is 24.8 Å². The zero-order valence-electron chi connectivity index (χ0n) is 15.1. The first-order chi connectivity index (χ1) is 13.6. The molecule has 1 heterocycles. The van der Waals surface area contributed by atoms with E-state index in [1.807, 2.05) is 29.3 Å². The molecule has 3 nitrogen and oxygen atoms in total. The summed E-state index contributed by atoms with van der Waals surface area (Å²) in [6.07, 6.45) is 0.620. The molecule has 1 aliphatic rings. The lowest BCUT2D eigenvalue weighted by Crippen LogP contribution is -2.19. The number of halogens is 3. The summed E-state index contributed by atoms with van der Waals surface area (Å²) < 4.78 is 18.9. The van der Waals surface area contributed by atoms with E-state index in [4.69, 9.17) is 33.0 Å². The SMILES string of the molecule is COc1ccccc1[C@@H]1CC(c2ccc(F)cc2)=NN1c1cc(Cl)ccc1Cl. The number of hydrogen-bond acceptors (Lipinski definition) is 3. The van der Waals surface area contributed by atoms with Gasteiger partial charge in [0, 0.05) is 17.0 Å². The van der Waals surface area contributed by atoms with Gasteiger partial charge in [0.25, 0.3) is 0 Å². The van der Waals surface area contributed by atoms with Crippen LogP contribution < -0.4 is 9.75 Å². The highest BCUT2D eigenvalue weighted by atomic mass is 35.5. The van der Waals surface area contributed by atoms with Crippen molar-refractivity contribution in [1.82, 2.24) is 0 Å². The van der Waals surface area contributed by atoms with E-state index in [0.717, 1.165) is 22.6 Å². The molecule has 3 aromatic carbocycles. The van der Waals surface area contributed by atoms with Gasteiger partial charge in [0.05, 0.1) is 29.6 Å². The Morgan fingerprint density at radius 3 is 2.54 bits per heavy atom. The number of benzene rings is 3. The predicted molar refractivity (Wildman–Crippen MR) is 112 cm³/mol. The van der Waals surface area contributed by atoms with Crippen LogP contribution in [0.3, 0.4) is 0 Å². The maximum absolute atomic E-state index is 13.4. The first-order valence-electron chi connectivity index (χ1n) is 8.77. The standard InChI is InChI=1S/C22H17Cl2FN2O/c1-28-22-5-3-2-4-17(22)20-13-19(14-6-9-16(25)10-7-14)26-27(20)21-12-15(23)8-11-18(21)24/h2-12,20H,13H2,1H3/t20-/m0/s1. The van der Waals surface area contributed by atoms with Crippen LogP contribution in [-0.2, 0) is 0 Å². The highest BCUT2D eigenvalue weighted by Gasteiger charge is 2.33. The van der Waals surface area contributed by atoms with Crippen molar-refractivity contribution in [3.05, 3.63) is 93.7 Å². The average molecular weight is 415 g/mol. The quantitative estimate of drug-likeness (QED) is 0.486. The predicted octanol–water partition coefficient (Wildman–Crippen LogP) is 6.50. The minimum absolute atomic E-state index is 0.132. The molecular formula is C22H17Cl2FN2O. The molecular weight excluding hydrogens is 398 g/mol. The van der Waals surface area contributed by atoms with Crippen LogP contribution in [0.4, 0.5) is 10.1 Å². The second kappa shape index (κ2) is 7.82. The van der Waals surface area contributed by atoms with Gasteiger partial charge in [-0.2, -0.15) is 5.10 Å². The van der Waals surface area contributed by atoms with E-state index in [1.165, 1.54) is 12.1 Å². The van der Waals surface area contributed by atoms with Gasteiger partial charge in [-0.3, -0.25) is 5.01 Å². The molecule has 1 aliphatic heterocycles. The van der Waals surface area contributed by atoms with Crippen molar-refractivity contribution in [2.45, 2.75) is 12.5 Å². The molecule has 0 saturated carbocycles. The molecule has 0 aliphatic carbocycles. The highest BCUT2D eigenvalue weighted by molar-refractivity contribution is 6.35. The number of methoxy groups -OCH3 is 1. The minimum atomic E-state index is -0.279. The average Bonchev–Trinajstić information content (AvgIpc) is 3.15. The lowest BCUT2D eigenvalue weighted by Gasteiger charge is -2.26. The Bertz CT molecular complexity index is 1040. The summed E-state index contributed by atoms with van der Waals surface area (Å²) in [7, 11) is 1.65. The van der Waals surface area contributed by atoms with Gasteiger partial charge < -0.3 is 4.74 Å². The summed E-state index contributed by atoms with van der Waals surface area (Å²) in [5.41, 5.74) is 3.40. The molecule has 0 aromatic heterocycles. The van der Waals surface area contributed by atoms with Crippen LogP contribution in [0, 0.1) is 5.82 Å². The van der Waals surface area contributed by atoms with Crippen LogP contribution in [0.1, 0.15) is 23.6 Å². The molecule has 3 aromatic rings. The number of nitrogens with zero attached hydrogens (tertiary/aromatic N) is 2. The summed E-state index contributed by atoms with van der Waals surface area (Å²) >= 11 is 12.7. The molecule has 142 valence electrons. The Kier molecular flexibility index (Phi) is 5.25. The third kappa shape index (κ3) is 3.58. The van der Waals surface area contributed by atoms with Crippen molar-refractivity contribution >= 4 is 34.6 Å². The molecule has 0 saturated heterocycles. The summed E-state index contributed by atoms with van der Waals surface area (Å²) in [6.45, 7) is 0. The largest absolute Gasteiger partial charge is 0.496 e. The highest BCUT2D eigenvalue weighted by Crippen LogP contribution is 2.43. The van der Waals surface area contributed by atoms with Gasteiger partial charge in [-0.15, -0.1) is 0 Å². The van der Waals surface area contributed by atoms with Crippen LogP contribution >= 0.6 is 23.2 Å². The van der Waals surface area contributed by atoms with Gasteiger partial charge >= 0.3 is 0 Å². The van der Waals surface area contributed by atoms with E-state index in [-0.39, 0.29) is 11.9 Å².